The molecular weight excluding hydrogens is 358 g/mol. The lowest BCUT2D eigenvalue weighted by molar-refractivity contribution is 0.102. The highest BCUT2D eigenvalue weighted by molar-refractivity contribution is 7.99. The predicted molar refractivity (Wildman–Crippen MR) is 108 cm³/mol. The van der Waals surface area contributed by atoms with Crippen LogP contribution < -0.4 is 5.32 Å². The van der Waals surface area contributed by atoms with Gasteiger partial charge in [0.25, 0.3) is 5.91 Å². The first-order valence-corrected chi connectivity index (χ1v) is 9.75. The average Bonchev–Trinajstić information content (AvgIpc) is 3.04. The van der Waals surface area contributed by atoms with Gasteiger partial charge in [-0.25, -0.2) is 0 Å². The van der Waals surface area contributed by atoms with Crippen LogP contribution in [-0.2, 0) is 6.42 Å². The Morgan fingerprint density at radius 2 is 1.93 bits per heavy atom. The number of nitrogens with zero attached hydrogens (tertiary/aromatic N) is 2. The molecule has 0 saturated heterocycles. The number of anilines is 1. The summed E-state index contributed by atoms with van der Waals surface area (Å²) in [5.74, 6) is 0.209. The second-order valence-corrected chi connectivity index (χ2v) is 8.39. The number of aromatic nitrogens is 2. The maximum absolute atomic E-state index is 12.5. The minimum atomic E-state index is -0.261. The van der Waals surface area contributed by atoms with Gasteiger partial charge in [0.1, 0.15) is 0 Å². The summed E-state index contributed by atoms with van der Waals surface area (Å²) < 4.78 is 5.59. The molecule has 0 radical (unpaired) electrons. The number of amides is 1. The molecule has 1 amide bonds. The minimum absolute atomic E-state index is 0.112. The minimum Gasteiger partial charge on any atom is -0.407 e. The summed E-state index contributed by atoms with van der Waals surface area (Å²) in [7, 11) is 0. The van der Waals surface area contributed by atoms with Crippen LogP contribution in [-0.4, -0.2) is 21.4 Å². The summed E-state index contributed by atoms with van der Waals surface area (Å²) in [4.78, 5) is 13.5. The van der Waals surface area contributed by atoms with Crippen LogP contribution in [0.2, 0.25) is 0 Å². The van der Waals surface area contributed by atoms with E-state index in [9.17, 15) is 4.79 Å². The Hall–Kier alpha value is -2.60. The number of rotatable bonds is 6. The van der Waals surface area contributed by atoms with Crippen molar-refractivity contribution < 1.29 is 9.21 Å². The lowest BCUT2D eigenvalue weighted by atomic mass is 10.0. The molecule has 1 N–H and O–H groups in total. The Morgan fingerprint density at radius 1 is 1.11 bits per heavy atom. The van der Waals surface area contributed by atoms with Crippen molar-refractivity contribution in [3.05, 3.63) is 70.6 Å². The van der Waals surface area contributed by atoms with Crippen molar-refractivity contribution in [1.29, 1.82) is 0 Å². The highest BCUT2D eigenvalue weighted by atomic mass is 32.2. The Kier molecular flexibility index (Phi) is 5.96. The summed E-state index contributed by atoms with van der Waals surface area (Å²) in [6.45, 7) is 8.39. The van der Waals surface area contributed by atoms with Crippen molar-refractivity contribution in [2.24, 2.45) is 0 Å². The maximum Gasteiger partial charge on any atom is 0.322 e. The van der Waals surface area contributed by atoms with Crippen molar-refractivity contribution in [1.82, 2.24) is 10.2 Å². The van der Waals surface area contributed by atoms with Crippen LogP contribution in [0.3, 0.4) is 0 Å². The van der Waals surface area contributed by atoms with Crippen LogP contribution in [0.15, 0.2) is 51.8 Å². The molecule has 0 bridgehead atoms. The van der Waals surface area contributed by atoms with Gasteiger partial charge in [0.15, 0.2) is 0 Å². The molecule has 0 aliphatic rings. The summed E-state index contributed by atoms with van der Waals surface area (Å²) in [6, 6.07) is 13.8. The smallest absolute Gasteiger partial charge is 0.322 e. The molecular formula is C21H23N3O2S. The zero-order valence-corrected chi connectivity index (χ0v) is 16.8. The monoisotopic (exact) mass is 381 g/mol. The third-order valence-corrected chi connectivity index (χ3v) is 5.08. The number of nitrogens with one attached hydrogen (secondary N) is 1. The van der Waals surface area contributed by atoms with Gasteiger partial charge in [0.05, 0.1) is 6.42 Å². The van der Waals surface area contributed by atoms with E-state index in [2.05, 4.69) is 55.3 Å². The molecule has 2 aromatic carbocycles. The number of hydrogen-bond acceptors (Lipinski definition) is 5. The topological polar surface area (TPSA) is 68.0 Å². The van der Waals surface area contributed by atoms with Crippen molar-refractivity contribution in [2.45, 2.75) is 44.3 Å². The molecule has 0 atom stereocenters. The normalized spacial score (nSPS) is 11.0. The largest absolute Gasteiger partial charge is 0.407 e. The Labute approximate surface area is 163 Å². The molecule has 3 aromatic rings. The van der Waals surface area contributed by atoms with E-state index >= 15 is 0 Å². The van der Waals surface area contributed by atoms with Crippen LogP contribution in [0.4, 0.5) is 6.01 Å². The number of carbonyl (C=O) groups excluding carboxylic acids is 1. The van der Waals surface area contributed by atoms with Gasteiger partial charge in [-0.1, -0.05) is 43.2 Å². The van der Waals surface area contributed by atoms with Gasteiger partial charge >= 0.3 is 6.01 Å². The van der Waals surface area contributed by atoms with E-state index in [-0.39, 0.29) is 11.9 Å². The molecule has 0 unspecified atom stereocenters. The molecule has 0 saturated carbocycles. The van der Waals surface area contributed by atoms with E-state index < -0.39 is 0 Å². The number of hydrogen-bond donors (Lipinski definition) is 1. The lowest BCUT2D eigenvalue weighted by Crippen LogP contribution is -2.12. The van der Waals surface area contributed by atoms with Crippen molar-refractivity contribution >= 4 is 23.7 Å². The summed E-state index contributed by atoms with van der Waals surface area (Å²) in [6.07, 6.45) is 0.532. The van der Waals surface area contributed by atoms with E-state index in [1.807, 2.05) is 24.3 Å². The first-order chi connectivity index (χ1) is 12.9. The fourth-order valence-corrected chi connectivity index (χ4v) is 3.51. The molecule has 0 spiro atoms. The Bertz CT molecular complexity index is 950. The van der Waals surface area contributed by atoms with E-state index in [1.54, 1.807) is 17.8 Å². The Morgan fingerprint density at radius 3 is 2.67 bits per heavy atom. The van der Waals surface area contributed by atoms with E-state index in [0.29, 0.717) is 23.1 Å². The van der Waals surface area contributed by atoms with Gasteiger partial charge in [0.2, 0.25) is 5.89 Å². The maximum atomic E-state index is 12.5. The molecule has 0 aliphatic carbocycles. The average molecular weight is 382 g/mol. The number of aryl methyl sites for hydroxylation is 2. The third-order valence-electron chi connectivity index (χ3n) is 4.08. The zero-order chi connectivity index (χ0) is 19.4. The van der Waals surface area contributed by atoms with E-state index in [0.717, 1.165) is 10.5 Å². The van der Waals surface area contributed by atoms with Crippen molar-refractivity contribution in [3.63, 3.8) is 0 Å². The van der Waals surface area contributed by atoms with Crippen LogP contribution in [0.1, 0.15) is 46.8 Å². The van der Waals surface area contributed by atoms with Gasteiger partial charge in [-0.2, -0.15) is 0 Å². The van der Waals surface area contributed by atoms with Crippen molar-refractivity contribution in [2.75, 3.05) is 5.32 Å². The van der Waals surface area contributed by atoms with Gasteiger partial charge < -0.3 is 4.42 Å². The fraction of sp³-hybridized carbons (Fsp3) is 0.286. The summed E-state index contributed by atoms with van der Waals surface area (Å²) in [5, 5.41) is 11.1. The molecule has 3 rings (SSSR count). The first kappa shape index (κ1) is 19.2. The van der Waals surface area contributed by atoms with Crippen LogP contribution in [0.25, 0.3) is 0 Å². The number of carbonyl (C=O) groups is 1. The van der Waals surface area contributed by atoms with Crippen LogP contribution in [0, 0.1) is 13.8 Å². The highest BCUT2D eigenvalue weighted by Gasteiger charge is 2.13. The number of benzene rings is 2. The first-order valence-electron chi connectivity index (χ1n) is 8.87. The fourth-order valence-electron chi connectivity index (χ4n) is 2.62. The third kappa shape index (κ3) is 5.20. The Balaban J connectivity index is 1.66. The van der Waals surface area contributed by atoms with Crippen molar-refractivity contribution in [3.8, 4) is 0 Å². The van der Waals surface area contributed by atoms with E-state index in [4.69, 9.17) is 4.42 Å². The summed E-state index contributed by atoms with van der Waals surface area (Å²) >= 11 is 1.71. The lowest BCUT2D eigenvalue weighted by Gasteiger charge is -2.06. The van der Waals surface area contributed by atoms with Crippen LogP contribution in [0.5, 0.6) is 0 Å². The van der Waals surface area contributed by atoms with Gasteiger partial charge in [-0.3, -0.25) is 10.1 Å². The standard InChI is InChI=1S/C21H23N3O2S/c1-13(2)27-18-7-5-6-17(12-18)20(25)22-21-24-23-19(26-21)11-16-9-8-14(3)15(4)10-16/h5-10,12-13H,11H2,1-4H3,(H,22,24,25). The molecule has 0 fully saturated rings. The van der Waals surface area contributed by atoms with Gasteiger partial charge in [-0.15, -0.1) is 16.9 Å². The quantitative estimate of drug-likeness (QED) is 0.607. The molecule has 6 heteroatoms. The number of thioether (sulfide) groups is 1. The zero-order valence-electron chi connectivity index (χ0n) is 15.9. The summed E-state index contributed by atoms with van der Waals surface area (Å²) in [5.41, 5.74) is 4.13. The molecule has 0 aliphatic heterocycles. The molecule has 1 aromatic heterocycles. The van der Waals surface area contributed by atoms with Gasteiger partial charge in [0, 0.05) is 15.7 Å². The van der Waals surface area contributed by atoms with E-state index in [1.165, 1.54) is 11.1 Å². The highest BCUT2D eigenvalue weighted by Crippen LogP contribution is 2.24. The molecule has 1 heterocycles. The second-order valence-electron chi connectivity index (χ2n) is 6.74. The molecule has 5 nitrogen and oxygen atoms in total. The second kappa shape index (κ2) is 8.39. The molecule has 27 heavy (non-hydrogen) atoms. The predicted octanol–water partition coefficient (Wildman–Crippen LogP) is 5.03. The van der Waals surface area contributed by atoms with Gasteiger partial charge in [-0.05, 0) is 48.7 Å². The molecule has 140 valence electrons. The SMILES string of the molecule is Cc1ccc(Cc2nnc(NC(=O)c3cccc(SC(C)C)c3)o2)cc1C. The van der Waals surface area contributed by atoms with Crippen LogP contribution >= 0.6 is 11.8 Å².